The zero-order chi connectivity index (χ0) is 13.8. The van der Waals surface area contributed by atoms with Crippen molar-refractivity contribution in [3.63, 3.8) is 0 Å². The van der Waals surface area contributed by atoms with Crippen LogP contribution in [0.25, 0.3) is 10.6 Å². The van der Waals surface area contributed by atoms with E-state index in [1.54, 1.807) is 5.38 Å². The molecule has 0 bridgehead atoms. The fraction of sp³-hybridized carbons (Fsp3) is 0.286. The summed E-state index contributed by atoms with van der Waals surface area (Å²) in [6.45, 7) is 3.96. The minimum atomic E-state index is -0.419. The Morgan fingerprint density at radius 1 is 1.37 bits per heavy atom. The molecule has 0 N–H and O–H groups in total. The third-order valence-corrected chi connectivity index (χ3v) is 3.24. The molecule has 0 aliphatic rings. The number of carbonyl (C=O) groups is 1. The maximum Gasteiger partial charge on any atom is 0.357 e. The van der Waals surface area contributed by atoms with Gasteiger partial charge in [-0.1, -0.05) is 12.1 Å². The molecule has 1 aromatic carbocycles. The number of benzene rings is 1. The molecule has 0 saturated carbocycles. The molecule has 0 spiro atoms. The number of rotatable bonds is 4. The van der Waals surface area contributed by atoms with Crippen LogP contribution < -0.4 is 4.74 Å². The third-order valence-electron chi connectivity index (χ3n) is 2.35. The highest BCUT2D eigenvalue weighted by atomic mass is 32.1. The lowest BCUT2D eigenvalue weighted by atomic mass is 10.2. The Morgan fingerprint density at radius 2 is 2.16 bits per heavy atom. The van der Waals surface area contributed by atoms with Crippen molar-refractivity contribution in [1.82, 2.24) is 4.98 Å². The largest absolute Gasteiger partial charge is 0.491 e. The van der Waals surface area contributed by atoms with Gasteiger partial charge in [-0.3, -0.25) is 0 Å². The molecule has 4 nitrogen and oxygen atoms in total. The van der Waals surface area contributed by atoms with Gasteiger partial charge < -0.3 is 9.47 Å². The molecule has 5 heteroatoms. The predicted molar refractivity (Wildman–Crippen MR) is 74.7 cm³/mol. The van der Waals surface area contributed by atoms with Crippen molar-refractivity contribution >= 4 is 17.3 Å². The normalized spacial score (nSPS) is 10.5. The minimum absolute atomic E-state index is 0.122. The number of nitrogens with zero attached hydrogens (tertiary/aromatic N) is 1. The summed E-state index contributed by atoms with van der Waals surface area (Å²) in [5.74, 6) is 0.374. The number of hydrogen-bond acceptors (Lipinski definition) is 5. The van der Waals surface area contributed by atoms with E-state index in [1.807, 2.05) is 38.1 Å². The van der Waals surface area contributed by atoms with Gasteiger partial charge in [-0.2, -0.15) is 0 Å². The zero-order valence-electron chi connectivity index (χ0n) is 11.0. The molecule has 0 atom stereocenters. The standard InChI is InChI=1S/C14H15NO3S/c1-9(2)18-11-6-4-5-10(7-11)13-15-12(8-19-13)14(16)17-3/h4-9H,1-3H3. The predicted octanol–water partition coefficient (Wildman–Crippen LogP) is 3.38. The highest BCUT2D eigenvalue weighted by molar-refractivity contribution is 7.13. The van der Waals surface area contributed by atoms with Crippen molar-refractivity contribution in [3.05, 3.63) is 35.3 Å². The highest BCUT2D eigenvalue weighted by Gasteiger charge is 2.12. The fourth-order valence-electron chi connectivity index (χ4n) is 1.58. The van der Waals surface area contributed by atoms with Gasteiger partial charge in [0, 0.05) is 10.9 Å². The fourth-order valence-corrected chi connectivity index (χ4v) is 2.37. The number of methoxy groups -OCH3 is 1. The molecule has 0 aliphatic heterocycles. The van der Waals surface area contributed by atoms with Crippen molar-refractivity contribution in [2.75, 3.05) is 7.11 Å². The molecule has 0 aliphatic carbocycles. The Morgan fingerprint density at radius 3 is 2.84 bits per heavy atom. The monoisotopic (exact) mass is 277 g/mol. The van der Waals surface area contributed by atoms with E-state index in [0.29, 0.717) is 5.69 Å². The van der Waals surface area contributed by atoms with Crippen LogP contribution in [0.3, 0.4) is 0 Å². The Kier molecular flexibility index (Phi) is 4.16. The number of aromatic nitrogens is 1. The molecular weight excluding hydrogens is 262 g/mol. The number of carbonyl (C=O) groups excluding carboxylic acids is 1. The molecule has 0 unspecified atom stereocenters. The summed E-state index contributed by atoms with van der Waals surface area (Å²) in [6.07, 6.45) is 0.122. The summed E-state index contributed by atoms with van der Waals surface area (Å²) in [4.78, 5) is 15.6. The molecule has 19 heavy (non-hydrogen) atoms. The average Bonchev–Trinajstić information content (AvgIpc) is 2.87. The van der Waals surface area contributed by atoms with E-state index in [-0.39, 0.29) is 6.10 Å². The van der Waals surface area contributed by atoms with Crippen LogP contribution >= 0.6 is 11.3 Å². The first-order chi connectivity index (χ1) is 9.10. The summed E-state index contributed by atoms with van der Waals surface area (Å²) < 4.78 is 10.3. The molecule has 100 valence electrons. The van der Waals surface area contributed by atoms with E-state index in [9.17, 15) is 4.79 Å². The molecule has 2 rings (SSSR count). The van der Waals surface area contributed by atoms with E-state index in [4.69, 9.17) is 4.74 Å². The lowest BCUT2D eigenvalue weighted by Crippen LogP contribution is -2.05. The van der Waals surface area contributed by atoms with Crippen LogP contribution in [0.15, 0.2) is 29.6 Å². The van der Waals surface area contributed by atoms with Crippen LogP contribution in [0.2, 0.25) is 0 Å². The second-order valence-corrected chi connectivity index (χ2v) is 5.08. The van der Waals surface area contributed by atoms with Crippen molar-refractivity contribution in [2.45, 2.75) is 20.0 Å². The Bertz CT molecular complexity index is 578. The van der Waals surface area contributed by atoms with Gasteiger partial charge in [-0.05, 0) is 26.0 Å². The molecule has 0 amide bonds. The van der Waals surface area contributed by atoms with Gasteiger partial charge in [-0.25, -0.2) is 9.78 Å². The summed E-state index contributed by atoms with van der Waals surface area (Å²) in [7, 11) is 1.35. The van der Waals surface area contributed by atoms with Crippen molar-refractivity contribution in [1.29, 1.82) is 0 Å². The first-order valence-electron chi connectivity index (χ1n) is 5.91. The summed E-state index contributed by atoms with van der Waals surface area (Å²) in [6, 6.07) is 7.66. The van der Waals surface area contributed by atoms with Gasteiger partial charge in [0.2, 0.25) is 0 Å². The third kappa shape index (κ3) is 3.32. The maximum atomic E-state index is 11.4. The lowest BCUT2D eigenvalue weighted by molar-refractivity contribution is 0.0595. The van der Waals surface area contributed by atoms with Crippen molar-refractivity contribution in [2.24, 2.45) is 0 Å². The van der Waals surface area contributed by atoms with E-state index < -0.39 is 5.97 Å². The summed E-state index contributed by atoms with van der Waals surface area (Å²) >= 11 is 1.41. The Hall–Kier alpha value is -1.88. The van der Waals surface area contributed by atoms with Gasteiger partial charge >= 0.3 is 5.97 Å². The molecule has 0 saturated heterocycles. The number of esters is 1. The van der Waals surface area contributed by atoms with E-state index in [1.165, 1.54) is 18.4 Å². The smallest absolute Gasteiger partial charge is 0.357 e. The van der Waals surface area contributed by atoms with Gasteiger partial charge in [0.05, 0.1) is 13.2 Å². The number of thiazole rings is 1. The average molecular weight is 277 g/mol. The van der Waals surface area contributed by atoms with Crippen LogP contribution in [-0.4, -0.2) is 24.2 Å². The SMILES string of the molecule is COC(=O)c1csc(-c2cccc(OC(C)C)c2)n1. The molecule has 2 aromatic rings. The van der Waals surface area contributed by atoms with Crippen molar-refractivity contribution < 1.29 is 14.3 Å². The summed E-state index contributed by atoms with van der Waals surface area (Å²) in [5.41, 5.74) is 1.26. The van der Waals surface area contributed by atoms with Crippen molar-refractivity contribution in [3.8, 4) is 16.3 Å². The van der Waals surface area contributed by atoms with Gasteiger partial charge in [0.25, 0.3) is 0 Å². The molecule has 1 heterocycles. The van der Waals surface area contributed by atoms with Crippen LogP contribution in [0.5, 0.6) is 5.75 Å². The quantitative estimate of drug-likeness (QED) is 0.804. The second-order valence-electron chi connectivity index (χ2n) is 4.22. The second kappa shape index (κ2) is 5.84. The molecule has 1 aromatic heterocycles. The first kappa shape index (κ1) is 13.5. The van der Waals surface area contributed by atoms with Crippen LogP contribution in [0, 0.1) is 0 Å². The van der Waals surface area contributed by atoms with E-state index >= 15 is 0 Å². The number of ether oxygens (including phenoxy) is 2. The van der Waals surface area contributed by atoms with Crippen LogP contribution in [-0.2, 0) is 4.74 Å². The van der Waals surface area contributed by atoms with E-state index in [2.05, 4.69) is 9.72 Å². The lowest BCUT2D eigenvalue weighted by Gasteiger charge is -2.09. The van der Waals surface area contributed by atoms with E-state index in [0.717, 1.165) is 16.3 Å². The van der Waals surface area contributed by atoms with Gasteiger partial charge in [0.1, 0.15) is 10.8 Å². The van der Waals surface area contributed by atoms with Gasteiger partial charge in [0.15, 0.2) is 5.69 Å². The minimum Gasteiger partial charge on any atom is -0.491 e. The molecular formula is C14H15NO3S. The first-order valence-corrected chi connectivity index (χ1v) is 6.79. The Labute approximate surface area is 116 Å². The zero-order valence-corrected chi connectivity index (χ0v) is 11.9. The molecule has 0 fully saturated rings. The number of hydrogen-bond donors (Lipinski definition) is 0. The Balaban J connectivity index is 2.26. The van der Waals surface area contributed by atoms with Crippen LogP contribution in [0.4, 0.5) is 0 Å². The maximum absolute atomic E-state index is 11.4. The topological polar surface area (TPSA) is 48.4 Å². The molecule has 0 radical (unpaired) electrons. The summed E-state index contributed by atoms with van der Waals surface area (Å²) in [5, 5.41) is 2.46. The van der Waals surface area contributed by atoms with Crippen LogP contribution in [0.1, 0.15) is 24.3 Å². The highest BCUT2D eigenvalue weighted by Crippen LogP contribution is 2.27. The van der Waals surface area contributed by atoms with Gasteiger partial charge in [-0.15, -0.1) is 11.3 Å².